The van der Waals surface area contributed by atoms with Gasteiger partial charge >= 0.3 is 12.1 Å². The van der Waals surface area contributed by atoms with Crippen molar-refractivity contribution < 1.29 is 27.5 Å². The fourth-order valence-corrected chi connectivity index (χ4v) is 5.18. The van der Waals surface area contributed by atoms with Crippen LogP contribution in [0.2, 0.25) is 5.02 Å². The van der Waals surface area contributed by atoms with Gasteiger partial charge in [0.2, 0.25) is 0 Å². The Morgan fingerprint density at radius 2 is 1.70 bits per heavy atom. The number of halogens is 1. The van der Waals surface area contributed by atoms with Crippen LogP contribution in [0, 0.1) is 6.92 Å². The molecule has 40 heavy (non-hydrogen) atoms. The average molecular weight is 584 g/mol. The lowest BCUT2D eigenvalue weighted by Gasteiger charge is -2.11. The van der Waals surface area contributed by atoms with Crippen molar-refractivity contribution in [2.45, 2.75) is 51.5 Å². The maximum atomic E-state index is 12.3. The number of aromatic nitrogens is 2. The summed E-state index contributed by atoms with van der Waals surface area (Å²) >= 11 is 6.51. The van der Waals surface area contributed by atoms with Crippen LogP contribution >= 0.6 is 11.6 Å². The summed E-state index contributed by atoms with van der Waals surface area (Å²) < 4.78 is 39.0. The van der Waals surface area contributed by atoms with Gasteiger partial charge in [0.15, 0.2) is 0 Å². The van der Waals surface area contributed by atoms with Gasteiger partial charge in [0.25, 0.3) is 10.0 Å². The topological polar surface area (TPSA) is 117 Å². The van der Waals surface area contributed by atoms with Crippen molar-refractivity contribution in [3.05, 3.63) is 88.2 Å². The van der Waals surface area contributed by atoms with Crippen molar-refractivity contribution in [1.82, 2.24) is 14.3 Å². The third kappa shape index (κ3) is 6.81. The van der Waals surface area contributed by atoms with Crippen LogP contribution in [0.25, 0.3) is 16.7 Å². The van der Waals surface area contributed by atoms with Gasteiger partial charge in [0, 0.05) is 35.5 Å². The van der Waals surface area contributed by atoms with Crippen LogP contribution in [0.4, 0.5) is 4.79 Å². The quantitative estimate of drug-likeness (QED) is 0.239. The van der Waals surface area contributed by atoms with E-state index in [1.807, 2.05) is 59.5 Å². The summed E-state index contributed by atoms with van der Waals surface area (Å²) in [6.07, 6.45) is 0.341. The van der Waals surface area contributed by atoms with Crippen LogP contribution in [0.15, 0.2) is 65.6 Å². The Balaban J connectivity index is 1.41. The standard InChI is InChI=1S/C29H30ClN3O6S/c1-4-27-31-25-16-21(18-39-28(34)5-2)24(30)17-26(25)33(27)22-10-8-20(9-11-22)14-15-38-29(35)32-40(36,37)23-12-6-19(3)7-13-23/h6-13,16-17H,4-5,14-15,18H2,1-3H3,(H,32,35). The number of nitrogens with zero attached hydrogens (tertiary/aromatic N) is 2. The molecule has 0 saturated heterocycles. The SMILES string of the molecule is CCC(=O)OCc1cc2nc(CC)n(-c3ccc(CCOC(=O)NS(=O)(=O)c4ccc(C)cc4)cc3)c2cc1Cl. The van der Waals surface area contributed by atoms with Crippen molar-refractivity contribution in [3.8, 4) is 5.69 Å². The Bertz CT molecular complexity index is 1630. The minimum Gasteiger partial charge on any atom is -0.461 e. The number of nitrogens with one attached hydrogen (secondary N) is 1. The van der Waals surface area contributed by atoms with E-state index in [0.29, 0.717) is 29.8 Å². The van der Waals surface area contributed by atoms with Crippen LogP contribution in [0.3, 0.4) is 0 Å². The molecule has 1 amide bonds. The molecule has 0 unspecified atom stereocenters. The molecule has 9 nitrogen and oxygen atoms in total. The molecule has 0 saturated carbocycles. The molecule has 0 atom stereocenters. The second-order valence-corrected chi connectivity index (χ2v) is 11.2. The Morgan fingerprint density at radius 3 is 2.35 bits per heavy atom. The second-order valence-electron chi connectivity index (χ2n) is 9.13. The number of aryl methyl sites for hydroxylation is 2. The van der Waals surface area contributed by atoms with Gasteiger partial charge in [-0.1, -0.05) is 55.3 Å². The summed E-state index contributed by atoms with van der Waals surface area (Å²) in [6, 6.07) is 17.5. The highest BCUT2D eigenvalue weighted by molar-refractivity contribution is 7.90. The number of hydrogen-bond donors (Lipinski definition) is 1. The van der Waals surface area contributed by atoms with Crippen LogP contribution in [-0.2, 0) is 43.7 Å². The summed E-state index contributed by atoms with van der Waals surface area (Å²) in [5, 5.41) is 0.483. The molecule has 0 fully saturated rings. The number of esters is 1. The van der Waals surface area contributed by atoms with Gasteiger partial charge < -0.3 is 9.47 Å². The summed E-state index contributed by atoms with van der Waals surface area (Å²) in [7, 11) is -4.01. The van der Waals surface area contributed by atoms with E-state index >= 15 is 0 Å². The molecule has 11 heteroatoms. The van der Waals surface area contributed by atoms with Crippen molar-refractivity contribution in [3.63, 3.8) is 0 Å². The minimum absolute atomic E-state index is 0.00377. The van der Waals surface area contributed by atoms with E-state index in [-0.39, 0.29) is 24.1 Å². The molecule has 1 N–H and O–H groups in total. The molecular weight excluding hydrogens is 554 g/mol. The number of benzene rings is 3. The van der Waals surface area contributed by atoms with E-state index in [1.165, 1.54) is 12.1 Å². The Hall–Kier alpha value is -3.89. The van der Waals surface area contributed by atoms with E-state index in [0.717, 1.165) is 33.7 Å². The average Bonchev–Trinajstić information content (AvgIpc) is 3.29. The lowest BCUT2D eigenvalue weighted by molar-refractivity contribution is -0.144. The van der Waals surface area contributed by atoms with Crippen LogP contribution in [0.1, 0.15) is 42.8 Å². The maximum Gasteiger partial charge on any atom is 0.421 e. The highest BCUT2D eigenvalue weighted by Crippen LogP contribution is 2.28. The Kier molecular flexibility index (Phi) is 9.11. The zero-order valence-corrected chi connectivity index (χ0v) is 24.0. The zero-order chi connectivity index (χ0) is 28.9. The third-order valence-corrected chi connectivity index (χ3v) is 7.93. The largest absolute Gasteiger partial charge is 0.461 e. The molecule has 0 radical (unpaired) electrons. The number of amides is 1. The summed E-state index contributed by atoms with van der Waals surface area (Å²) in [5.74, 6) is 0.547. The number of ether oxygens (including phenoxy) is 2. The fourth-order valence-electron chi connectivity index (χ4n) is 4.08. The number of sulfonamides is 1. The van der Waals surface area contributed by atoms with Gasteiger partial charge in [0.1, 0.15) is 12.4 Å². The van der Waals surface area contributed by atoms with Crippen molar-refractivity contribution in [2.24, 2.45) is 0 Å². The fraction of sp³-hybridized carbons (Fsp3) is 0.276. The molecule has 4 rings (SSSR count). The smallest absolute Gasteiger partial charge is 0.421 e. The van der Waals surface area contributed by atoms with Crippen LogP contribution in [0.5, 0.6) is 0 Å². The van der Waals surface area contributed by atoms with Crippen LogP contribution in [-0.4, -0.2) is 36.6 Å². The van der Waals surface area contributed by atoms with Crippen molar-refractivity contribution in [2.75, 3.05) is 6.61 Å². The third-order valence-electron chi connectivity index (χ3n) is 6.25. The molecular formula is C29H30ClN3O6S. The predicted octanol–water partition coefficient (Wildman–Crippen LogP) is 5.66. The molecule has 0 bridgehead atoms. The summed E-state index contributed by atoms with van der Waals surface area (Å²) in [4.78, 5) is 28.4. The monoisotopic (exact) mass is 583 g/mol. The summed E-state index contributed by atoms with van der Waals surface area (Å²) in [6.45, 7) is 5.68. The van der Waals surface area contributed by atoms with Gasteiger partial charge in [-0.3, -0.25) is 9.36 Å². The van der Waals surface area contributed by atoms with E-state index in [1.54, 1.807) is 19.1 Å². The number of fused-ring (bicyclic) bond motifs is 1. The molecule has 210 valence electrons. The zero-order valence-electron chi connectivity index (χ0n) is 22.4. The number of carbonyl (C=O) groups excluding carboxylic acids is 2. The van der Waals surface area contributed by atoms with Gasteiger partial charge in [0.05, 0.1) is 22.5 Å². The molecule has 3 aromatic carbocycles. The highest BCUT2D eigenvalue weighted by atomic mass is 35.5. The first-order chi connectivity index (χ1) is 19.1. The van der Waals surface area contributed by atoms with E-state index in [2.05, 4.69) is 0 Å². The number of rotatable bonds is 10. The van der Waals surface area contributed by atoms with Crippen LogP contribution < -0.4 is 4.72 Å². The minimum atomic E-state index is -4.01. The number of hydrogen-bond acceptors (Lipinski definition) is 7. The van der Waals surface area contributed by atoms with E-state index in [4.69, 9.17) is 26.1 Å². The first-order valence-corrected chi connectivity index (χ1v) is 14.7. The second kappa shape index (κ2) is 12.5. The highest BCUT2D eigenvalue weighted by Gasteiger charge is 2.19. The van der Waals surface area contributed by atoms with E-state index in [9.17, 15) is 18.0 Å². The molecule has 0 spiro atoms. The normalized spacial score (nSPS) is 11.4. The van der Waals surface area contributed by atoms with Gasteiger partial charge in [-0.2, -0.15) is 0 Å². The van der Waals surface area contributed by atoms with Gasteiger partial charge in [-0.25, -0.2) is 22.9 Å². The number of carbonyl (C=O) groups is 2. The van der Waals surface area contributed by atoms with Gasteiger partial charge in [-0.15, -0.1) is 0 Å². The lowest BCUT2D eigenvalue weighted by Crippen LogP contribution is -2.31. The molecule has 4 aromatic rings. The first kappa shape index (κ1) is 29.1. The predicted molar refractivity (Wildman–Crippen MR) is 152 cm³/mol. The molecule has 1 aromatic heterocycles. The van der Waals surface area contributed by atoms with Gasteiger partial charge in [-0.05, 0) is 48.9 Å². The van der Waals surface area contributed by atoms with Crippen molar-refractivity contribution in [1.29, 1.82) is 0 Å². The lowest BCUT2D eigenvalue weighted by atomic mass is 10.1. The molecule has 0 aliphatic carbocycles. The first-order valence-electron chi connectivity index (χ1n) is 12.8. The Labute approximate surface area is 238 Å². The van der Waals surface area contributed by atoms with E-state index < -0.39 is 16.1 Å². The number of imidazole rings is 1. The molecule has 1 heterocycles. The molecule has 0 aliphatic rings. The Morgan fingerprint density at radius 1 is 1.00 bits per heavy atom. The molecule has 0 aliphatic heterocycles. The maximum absolute atomic E-state index is 12.3. The van der Waals surface area contributed by atoms with Crippen molar-refractivity contribution >= 4 is 44.7 Å². The summed E-state index contributed by atoms with van der Waals surface area (Å²) in [5.41, 5.74) is 4.95.